The summed E-state index contributed by atoms with van der Waals surface area (Å²) in [6.45, 7) is 1.95. The number of aromatic nitrogens is 1. The Hall–Kier alpha value is -2.41. The molecule has 1 N–H and O–H groups in total. The molecule has 3 rings (SSSR count). The number of hydrogen-bond acceptors (Lipinski definition) is 4. The molecule has 2 heterocycles. The van der Waals surface area contributed by atoms with E-state index in [1.807, 2.05) is 4.90 Å². The first-order chi connectivity index (χ1) is 14.1. The van der Waals surface area contributed by atoms with E-state index in [0.717, 1.165) is 31.5 Å². The molecule has 2 amide bonds. The third-order valence-corrected chi connectivity index (χ3v) is 5.96. The molecule has 1 aromatic carbocycles. The number of likely N-dealkylation sites (tertiary alicyclic amines) is 1. The van der Waals surface area contributed by atoms with Crippen LogP contribution in [0.5, 0.6) is 0 Å². The molecular weight excluding hydrogens is 389 g/mol. The van der Waals surface area contributed by atoms with Gasteiger partial charge in [-0.2, -0.15) is 0 Å². The topological polar surface area (TPSA) is 62.3 Å². The quantitative estimate of drug-likeness (QED) is 0.694. The van der Waals surface area contributed by atoms with Crippen LogP contribution in [0.2, 0.25) is 0 Å². The molecule has 0 aliphatic carbocycles. The van der Waals surface area contributed by atoms with Crippen molar-refractivity contribution >= 4 is 23.6 Å². The molecular formula is C22H26FN3O2S. The van der Waals surface area contributed by atoms with Gasteiger partial charge in [0.15, 0.2) is 0 Å². The fourth-order valence-electron chi connectivity index (χ4n) is 3.27. The van der Waals surface area contributed by atoms with Crippen molar-refractivity contribution in [1.29, 1.82) is 0 Å². The van der Waals surface area contributed by atoms with Gasteiger partial charge in [0.1, 0.15) is 10.8 Å². The molecule has 0 spiro atoms. The summed E-state index contributed by atoms with van der Waals surface area (Å²) in [5.41, 5.74) is 1.44. The normalized spacial score (nSPS) is 14.3. The molecule has 1 fully saturated rings. The number of pyridine rings is 1. The van der Waals surface area contributed by atoms with Crippen LogP contribution in [0.15, 0.2) is 47.6 Å². The standard InChI is InChI=1S/C22H26FN3O2S/c23-18-9-7-17(8-10-18)16-29-22-19(6-5-12-25-22)21(28)24-13-11-20(27)26-14-3-1-2-4-15-26/h5-10,12H,1-4,11,13-16H2,(H,24,28). The smallest absolute Gasteiger partial charge is 0.254 e. The highest BCUT2D eigenvalue weighted by atomic mass is 32.2. The van der Waals surface area contributed by atoms with Crippen molar-refractivity contribution < 1.29 is 14.0 Å². The van der Waals surface area contributed by atoms with Crippen molar-refractivity contribution in [1.82, 2.24) is 15.2 Å². The van der Waals surface area contributed by atoms with E-state index in [0.29, 0.717) is 29.3 Å². The number of carbonyl (C=O) groups excluding carboxylic acids is 2. The van der Waals surface area contributed by atoms with E-state index in [1.54, 1.807) is 30.5 Å². The van der Waals surface area contributed by atoms with Gasteiger partial charge in [0, 0.05) is 38.0 Å². The van der Waals surface area contributed by atoms with Crippen LogP contribution in [0.3, 0.4) is 0 Å². The number of nitrogens with zero attached hydrogens (tertiary/aromatic N) is 2. The first-order valence-electron chi connectivity index (χ1n) is 10.0. The summed E-state index contributed by atoms with van der Waals surface area (Å²) < 4.78 is 13.0. The predicted molar refractivity (Wildman–Crippen MR) is 112 cm³/mol. The van der Waals surface area contributed by atoms with E-state index >= 15 is 0 Å². The summed E-state index contributed by atoms with van der Waals surface area (Å²) in [6, 6.07) is 9.73. The summed E-state index contributed by atoms with van der Waals surface area (Å²) in [4.78, 5) is 31.2. The third kappa shape index (κ3) is 6.56. The second-order valence-electron chi connectivity index (χ2n) is 7.07. The summed E-state index contributed by atoms with van der Waals surface area (Å²) >= 11 is 1.43. The molecule has 1 aromatic heterocycles. The number of nitrogens with one attached hydrogen (secondary N) is 1. The van der Waals surface area contributed by atoms with E-state index in [1.165, 1.54) is 36.7 Å². The average molecular weight is 416 g/mol. The Morgan fingerprint density at radius 2 is 1.79 bits per heavy atom. The lowest BCUT2D eigenvalue weighted by Gasteiger charge is -2.20. The zero-order chi connectivity index (χ0) is 20.5. The fourth-order valence-corrected chi connectivity index (χ4v) is 4.21. The van der Waals surface area contributed by atoms with Crippen LogP contribution in [0.4, 0.5) is 4.39 Å². The van der Waals surface area contributed by atoms with Crippen LogP contribution in [0, 0.1) is 5.82 Å². The van der Waals surface area contributed by atoms with Crippen molar-refractivity contribution in [2.24, 2.45) is 0 Å². The molecule has 7 heteroatoms. The molecule has 0 unspecified atom stereocenters. The molecule has 1 aliphatic heterocycles. The number of halogens is 1. The Kier molecular flexibility index (Phi) is 8.04. The fraction of sp³-hybridized carbons (Fsp3) is 0.409. The van der Waals surface area contributed by atoms with E-state index in [-0.39, 0.29) is 17.6 Å². The van der Waals surface area contributed by atoms with E-state index < -0.39 is 0 Å². The third-order valence-electron chi connectivity index (χ3n) is 4.89. The Labute approximate surface area is 175 Å². The minimum atomic E-state index is -0.272. The minimum Gasteiger partial charge on any atom is -0.351 e. The van der Waals surface area contributed by atoms with Gasteiger partial charge < -0.3 is 10.2 Å². The molecule has 2 aromatic rings. The van der Waals surface area contributed by atoms with Gasteiger partial charge in [0.2, 0.25) is 5.91 Å². The number of hydrogen-bond donors (Lipinski definition) is 1. The van der Waals surface area contributed by atoms with Gasteiger partial charge >= 0.3 is 0 Å². The van der Waals surface area contributed by atoms with Crippen molar-refractivity contribution in [2.45, 2.75) is 42.9 Å². The van der Waals surface area contributed by atoms with Gasteiger partial charge in [0.25, 0.3) is 5.91 Å². The average Bonchev–Trinajstić information content (AvgIpc) is 3.03. The van der Waals surface area contributed by atoms with Crippen LogP contribution in [0.25, 0.3) is 0 Å². The lowest BCUT2D eigenvalue weighted by atomic mass is 10.2. The van der Waals surface area contributed by atoms with Crippen LogP contribution in [0.1, 0.15) is 48.0 Å². The second-order valence-corrected chi connectivity index (χ2v) is 8.04. The molecule has 5 nitrogen and oxygen atoms in total. The van der Waals surface area contributed by atoms with Gasteiger partial charge in [-0.15, -0.1) is 11.8 Å². The summed E-state index contributed by atoms with van der Waals surface area (Å²) in [7, 11) is 0. The number of rotatable bonds is 7. The summed E-state index contributed by atoms with van der Waals surface area (Å²) in [5.74, 6) is 0.185. The predicted octanol–water partition coefficient (Wildman–Crippen LogP) is 4.04. The van der Waals surface area contributed by atoms with E-state index in [2.05, 4.69) is 10.3 Å². The zero-order valence-corrected chi connectivity index (χ0v) is 17.2. The highest BCUT2D eigenvalue weighted by Crippen LogP contribution is 2.24. The SMILES string of the molecule is O=C(NCCC(=O)N1CCCCCC1)c1cccnc1SCc1ccc(F)cc1. The van der Waals surface area contributed by atoms with Crippen LogP contribution >= 0.6 is 11.8 Å². The molecule has 0 saturated carbocycles. The first-order valence-corrected chi connectivity index (χ1v) is 11.0. The largest absolute Gasteiger partial charge is 0.351 e. The monoisotopic (exact) mass is 415 g/mol. The number of carbonyl (C=O) groups is 2. The maximum atomic E-state index is 13.0. The summed E-state index contributed by atoms with van der Waals surface area (Å²) in [6.07, 6.45) is 6.43. The van der Waals surface area contributed by atoms with E-state index in [4.69, 9.17) is 0 Å². The molecule has 0 atom stereocenters. The maximum Gasteiger partial charge on any atom is 0.254 e. The molecule has 154 valence electrons. The first kappa shape index (κ1) is 21.3. The Balaban J connectivity index is 1.51. The van der Waals surface area contributed by atoms with Crippen LogP contribution < -0.4 is 5.32 Å². The maximum absolute atomic E-state index is 13.0. The number of amides is 2. The van der Waals surface area contributed by atoms with Gasteiger partial charge in [-0.25, -0.2) is 9.37 Å². The number of thioether (sulfide) groups is 1. The highest BCUT2D eigenvalue weighted by Gasteiger charge is 2.17. The minimum absolute atomic E-state index is 0.101. The van der Waals surface area contributed by atoms with Crippen molar-refractivity contribution in [3.63, 3.8) is 0 Å². The van der Waals surface area contributed by atoms with Gasteiger partial charge in [-0.1, -0.05) is 25.0 Å². The molecule has 1 saturated heterocycles. The molecule has 0 radical (unpaired) electrons. The highest BCUT2D eigenvalue weighted by molar-refractivity contribution is 7.98. The van der Waals surface area contributed by atoms with E-state index in [9.17, 15) is 14.0 Å². The Bertz CT molecular complexity index is 821. The Morgan fingerprint density at radius 3 is 2.52 bits per heavy atom. The second kappa shape index (κ2) is 11.0. The van der Waals surface area contributed by atoms with Crippen molar-refractivity contribution in [3.8, 4) is 0 Å². The van der Waals surface area contributed by atoms with Gasteiger partial charge in [-0.3, -0.25) is 9.59 Å². The van der Waals surface area contributed by atoms with Crippen LogP contribution in [-0.4, -0.2) is 41.3 Å². The van der Waals surface area contributed by atoms with Gasteiger partial charge in [0.05, 0.1) is 5.56 Å². The lowest BCUT2D eigenvalue weighted by Crippen LogP contribution is -2.35. The van der Waals surface area contributed by atoms with Crippen molar-refractivity contribution in [2.75, 3.05) is 19.6 Å². The molecule has 0 bridgehead atoms. The van der Waals surface area contributed by atoms with Gasteiger partial charge in [-0.05, 0) is 42.7 Å². The number of benzene rings is 1. The Morgan fingerprint density at radius 1 is 1.07 bits per heavy atom. The zero-order valence-electron chi connectivity index (χ0n) is 16.4. The lowest BCUT2D eigenvalue weighted by molar-refractivity contribution is -0.131. The van der Waals surface area contributed by atoms with Crippen LogP contribution in [-0.2, 0) is 10.5 Å². The van der Waals surface area contributed by atoms with Crippen molar-refractivity contribution in [3.05, 3.63) is 59.5 Å². The molecule has 29 heavy (non-hydrogen) atoms. The molecule has 1 aliphatic rings. The summed E-state index contributed by atoms with van der Waals surface area (Å²) in [5, 5.41) is 3.46.